The van der Waals surface area contributed by atoms with Crippen molar-refractivity contribution >= 4 is 17.5 Å². The number of nitrogens with one attached hydrogen (secondary N) is 2. The number of nitro benzene ring substituents is 1. The molecular formula is C10H10FN3O4. The molecular weight excluding hydrogens is 245 g/mol. The summed E-state index contributed by atoms with van der Waals surface area (Å²) in [6.45, 7) is -0.256. The first-order chi connectivity index (χ1) is 8.45. The van der Waals surface area contributed by atoms with E-state index in [1.54, 1.807) is 0 Å². The van der Waals surface area contributed by atoms with E-state index in [1.165, 1.54) is 7.05 Å². The van der Waals surface area contributed by atoms with E-state index in [4.69, 9.17) is 0 Å². The van der Waals surface area contributed by atoms with Gasteiger partial charge in [-0.1, -0.05) is 0 Å². The van der Waals surface area contributed by atoms with Gasteiger partial charge in [0, 0.05) is 18.7 Å². The second-order valence-electron chi connectivity index (χ2n) is 3.28. The number of halogens is 1. The Bertz CT molecular complexity index is 504. The summed E-state index contributed by atoms with van der Waals surface area (Å²) in [6, 6.07) is 2.75. The number of likely N-dealkylation sites (N-methyl/N-ethyl adjacent to an activating group) is 1. The lowest BCUT2D eigenvalue weighted by atomic mass is 10.2. The molecule has 0 fully saturated rings. The van der Waals surface area contributed by atoms with Crippen molar-refractivity contribution in [2.24, 2.45) is 0 Å². The minimum Gasteiger partial charge on any atom is -0.358 e. The van der Waals surface area contributed by atoms with Crippen molar-refractivity contribution in [1.29, 1.82) is 0 Å². The quantitative estimate of drug-likeness (QED) is 0.593. The maximum Gasteiger partial charge on any atom is 0.304 e. The molecule has 1 rings (SSSR count). The topological polar surface area (TPSA) is 101 Å². The van der Waals surface area contributed by atoms with Crippen LogP contribution in [-0.4, -0.2) is 30.3 Å². The lowest BCUT2D eigenvalue weighted by Gasteiger charge is -2.04. The zero-order valence-electron chi connectivity index (χ0n) is 9.40. The van der Waals surface area contributed by atoms with E-state index >= 15 is 0 Å². The van der Waals surface area contributed by atoms with Gasteiger partial charge >= 0.3 is 5.69 Å². The standard InChI is InChI=1S/C10H10FN3O4/c1-12-9(15)5-13-10(16)6-2-3-8(14(17)18)7(11)4-6/h2-4H,5H2,1H3,(H,12,15)(H,13,16). The van der Waals surface area contributed by atoms with Gasteiger partial charge < -0.3 is 10.6 Å². The molecule has 7 nitrogen and oxygen atoms in total. The van der Waals surface area contributed by atoms with Gasteiger partial charge in [0.15, 0.2) is 0 Å². The van der Waals surface area contributed by atoms with Crippen LogP contribution in [-0.2, 0) is 4.79 Å². The largest absolute Gasteiger partial charge is 0.358 e. The van der Waals surface area contributed by atoms with Gasteiger partial charge in [-0.25, -0.2) is 0 Å². The maximum absolute atomic E-state index is 13.2. The molecule has 0 aromatic heterocycles. The summed E-state index contributed by atoms with van der Waals surface area (Å²) in [5.41, 5.74) is -0.806. The highest BCUT2D eigenvalue weighted by Crippen LogP contribution is 2.17. The molecule has 0 bridgehead atoms. The number of hydrogen-bond acceptors (Lipinski definition) is 4. The van der Waals surface area contributed by atoms with Gasteiger partial charge in [-0.05, 0) is 12.1 Å². The summed E-state index contributed by atoms with van der Waals surface area (Å²) in [4.78, 5) is 31.8. The van der Waals surface area contributed by atoms with E-state index in [9.17, 15) is 24.1 Å². The molecule has 0 spiro atoms. The van der Waals surface area contributed by atoms with Crippen LogP contribution < -0.4 is 10.6 Å². The van der Waals surface area contributed by atoms with Crippen LogP contribution in [0.3, 0.4) is 0 Å². The summed E-state index contributed by atoms with van der Waals surface area (Å²) in [6.07, 6.45) is 0. The summed E-state index contributed by atoms with van der Waals surface area (Å²) < 4.78 is 13.2. The molecule has 0 unspecified atom stereocenters. The maximum atomic E-state index is 13.2. The van der Waals surface area contributed by atoms with Crippen LogP contribution >= 0.6 is 0 Å². The Balaban J connectivity index is 2.79. The Morgan fingerprint density at radius 3 is 2.61 bits per heavy atom. The van der Waals surface area contributed by atoms with Crippen molar-refractivity contribution in [3.05, 3.63) is 39.7 Å². The summed E-state index contributed by atoms with van der Waals surface area (Å²) in [7, 11) is 1.40. The Labute approximate surface area is 101 Å². The number of hydrogen-bond donors (Lipinski definition) is 2. The van der Waals surface area contributed by atoms with E-state index in [-0.39, 0.29) is 12.1 Å². The average molecular weight is 255 g/mol. The third kappa shape index (κ3) is 3.24. The van der Waals surface area contributed by atoms with Gasteiger partial charge in [-0.15, -0.1) is 0 Å². The van der Waals surface area contributed by atoms with Gasteiger partial charge in [0.1, 0.15) is 0 Å². The van der Waals surface area contributed by atoms with E-state index < -0.39 is 28.2 Å². The minimum atomic E-state index is -1.10. The van der Waals surface area contributed by atoms with Crippen molar-refractivity contribution in [1.82, 2.24) is 10.6 Å². The Hall–Kier alpha value is -2.51. The first-order valence-corrected chi connectivity index (χ1v) is 4.88. The molecule has 8 heteroatoms. The van der Waals surface area contributed by atoms with Crippen molar-refractivity contribution in [2.45, 2.75) is 0 Å². The van der Waals surface area contributed by atoms with E-state index in [1.807, 2.05) is 0 Å². The molecule has 0 heterocycles. The molecule has 96 valence electrons. The van der Waals surface area contributed by atoms with Crippen LogP contribution in [0.1, 0.15) is 10.4 Å². The molecule has 0 aliphatic carbocycles. The smallest absolute Gasteiger partial charge is 0.304 e. The van der Waals surface area contributed by atoms with Crippen LogP contribution in [0.2, 0.25) is 0 Å². The predicted octanol–water partition coefficient (Wildman–Crippen LogP) is 0.210. The van der Waals surface area contributed by atoms with Crippen LogP contribution in [0.5, 0.6) is 0 Å². The highest BCUT2D eigenvalue weighted by Gasteiger charge is 2.16. The van der Waals surface area contributed by atoms with Gasteiger partial charge in [0.25, 0.3) is 5.91 Å². The monoisotopic (exact) mass is 255 g/mol. The van der Waals surface area contributed by atoms with Crippen LogP contribution in [0.4, 0.5) is 10.1 Å². The van der Waals surface area contributed by atoms with Crippen LogP contribution in [0.15, 0.2) is 18.2 Å². The van der Waals surface area contributed by atoms with E-state index in [0.717, 1.165) is 18.2 Å². The molecule has 2 N–H and O–H groups in total. The summed E-state index contributed by atoms with van der Waals surface area (Å²) in [5.74, 6) is -2.20. The van der Waals surface area contributed by atoms with Gasteiger partial charge in [0.05, 0.1) is 11.5 Å². The molecule has 2 amide bonds. The Morgan fingerprint density at radius 1 is 1.44 bits per heavy atom. The molecule has 1 aromatic carbocycles. The van der Waals surface area contributed by atoms with Crippen molar-refractivity contribution in [3.63, 3.8) is 0 Å². The second-order valence-corrected chi connectivity index (χ2v) is 3.28. The molecule has 0 saturated heterocycles. The lowest BCUT2D eigenvalue weighted by Crippen LogP contribution is -2.35. The number of benzene rings is 1. The third-order valence-electron chi connectivity index (χ3n) is 2.09. The first kappa shape index (κ1) is 13.6. The normalized spacial score (nSPS) is 9.67. The fourth-order valence-corrected chi connectivity index (χ4v) is 1.15. The fraction of sp³-hybridized carbons (Fsp3) is 0.200. The highest BCUT2D eigenvalue weighted by molar-refractivity contribution is 5.96. The minimum absolute atomic E-state index is 0.0954. The van der Waals surface area contributed by atoms with Crippen molar-refractivity contribution < 1.29 is 18.9 Å². The molecule has 0 atom stereocenters. The SMILES string of the molecule is CNC(=O)CNC(=O)c1ccc([N+](=O)[O-])c(F)c1. The van der Waals surface area contributed by atoms with Crippen molar-refractivity contribution in [2.75, 3.05) is 13.6 Å². The Morgan fingerprint density at radius 2 is 2.11 bits per heavy atom. The van der Waals surface area contributed by atoms with Gasteiger partial charge in [0.2, 0.25) is 11.7 Å². The molecule has 0 radical (unpaired) electrons. The number of carbonyl (C=O) groups is 2. The second kappa shape index (κ2) is 5.71. The number of rotatable bonds is 4. The van der Waals surface area contributed by atoms with Gasteiger partial charge in [-0.2, -0.15) is 4.39 Å². The summed E-state index contributed by atoms with van der Waals surface area (Å²) >= 11 is 0. The zero-order chi connectivity index (χ0) is 13.7. The highest BCUT2D eigenvalue weighted by atomic mass is 19.1. The number of nitro groups is 1. The van der Waals surface area contributed by atoms with Crippen LogP contribution in [0.25, 0.3) is 0 Å². The molecule has 0 aliphatic heterocycles. The number of nitrogens with zero attached hydrogens (tertiary/aromatic N) is 1. The number of carbonyl (C=O) groups excluding carboxylic acids is 2. The van der Waals surface area contributed by atoms with Crippen molar-refractivity contribution in [3.8, 4) is 0 Å². The summed E-state index contributed by atoms with van der Waals surface area (Å²) in [5, 5.41) is 14.9. The Kier molecular flexibility index (Phi) is 4.30. The fourth-order valence-electron chi connectivity index (χ4n) is 1.15. The third-order valence-corrected chi connectivity index (χ3v) is 2.09. The lowest BCUT2D eigenvalue weighted by molar-refractivity contribution is -0.387. The van der Waals surface area contributed by atoms with Gasteiger partial charge in [-0.3, -0.25) is 19.7 Å². The first-order valence-electron chi connectivity index (χ1n) is 4.88. The predicted molar refractivity (Wildman–Crippen MR) is 59.5 cm³/mol. The zero-order valence-corrected chi connectivity index (χ0v) is 9.40. The molecule has 1 aromatic rings. The molecule has 18 heavy (non-hydrogen) atoms. The van der Waals surface area contributed by atoms with E-state index in [0.29, 0.717) is 0 Å². The van der Waals surface area contributed by atoms with E-state index in [2.05, 4.69) is 10.6 Å². The molecule has 0 saturated carbocycles. The van der Waals surface area contributed by atoms with Crippen LogP contribution in [0, 0.1) is 15.9 Å². The number of amides is 2. The molecule has 0 aliphatic rings. The average Bonchev–Trinajstić information content (AvgIpc) is 2.34.